The van der Waals surface area contributed by atoms with Gasteiger partial charge in [0.1, 0.15) is 5.75 Å². The van der Waals surface area contributed by atoms with Crippen molar-refractivity contribution in [1.82, 2.24) is 10.9 Å². The average Bonchev–Trinajstić information content (AvgIpc) is 3.40. The fourth-order valence-electron chi connectivity index (χ4n) is 2.78. The van der Waals surface area contributed by atoms with Crippen LogP contribution in [0.5, 0.6) is 5.75 Å². The van der Waals surface area contributed by atoms with E-state index in [1.807, 2.05) is 6.92 Å². The highest BCUT2D eigenvalue weighted by molar-refractivity contribution is 5.95. The van der Waals surface area contributed by atoms with Crippen LogP contribution in [0.4, 0.5) is 5.69 Å². The molecule has 0 atom stereocenters. The first kappa shape index (κ1) is 20.7. The zero-order valence-electron chi connectivity index (χ0n) is 16.7. The van der Waals surface area contributed by atoms with Crippen molar-refractivity contribution in [2.45, 2.75) is 6.92 Å². The maximum Gasteiger partial charge on any atom is 0.427 e. The molecule has 0 bridgehead atoms. The number of amides is 1. The molecule has 162 valence electrons. The fourth-order valence-corrected chi connectivity index (χ4v) is 2.78. The number of carbonyl (C=O) groups is 2. The van der Waals surface area contributed by atoms with Crippen LogP contribution in [0.15, 0.2) is 86.2 Å². The molecular weight excluding hydrogens is 420 g/mol. The molecule has 0 spiro atoms. The number of aromatic nitrogens is 2. The van der Waals surface area contributed by atoms with Gasteiger partial charge in [0.25, 0.3) is 12.1 Å². The monoisotopic (exact) mass is 437 g/mol. The maximum absolute atomic E-state index is 12.3. The summed E-state index contributed by atoms with van der Waals surface area (Å²) in [6, 6.07) is 13.2. The summed E-state index contributed by atoms with van der Waals surface area (Å²) in [7, 11) is 0. The number of hydrogen-bond acceptors (Lipinski definition) is 9. The number of azo groups is 1. The van der Waals surface area contributed by atoms with Crippen LogP contribution in [0.1, 0.15) is 17.3 Å². The van der Waals surface area contributed by atoms with E-state index in [9.17, 15) is 14.4 Å². The molecule has 32 heavy (non-hydrogen) atoms. The predicted octanol–water partition coefficient (Wildman–Crippen LogP) is 1.56. The maximum atomic E-state index is 12.3. The summed E-state index contributed by atoms with van der Waals surface area (Å²) in [6.07, 6.45) is 2.34. The van der Waals surface area contributed by atoms with Crippen molar-refractivity contribution >= 4 is 17.6 Å². The minimum Gasteiger partial charge on any atom is -0.494 e. The van der Waals surface area contributed by atoms with Crippen LogP contribution in [0, 0.1) is 0 Å². The summed E-state index contributed by atoms with van der Waals surface area (Å²) in [5.74, 6) is -0.617. The number of hydrazine groups is 1. The second-order valence-corrected chi connectivity index (χ2v) is 6.34. The van der Waals surface area contributed by atoms with E-state index in [1.54, 1.807) is 36.4 Å². The first-order valence-electron chi connectivity index (χ1n) is 9.41. The molecule has 4 rings (SSSR count). The Morgan fingerprint density at radius 1 is 1.16 bits per heavy atom. The molecule has 0 aliphatic carbocycles. The van der Waals surface area contributed by atoms with Crippen molar-refractivity contribution in [3.8, 4) is 11.4 Å². The van der Waals surface area contributed by atoms with Crippen LogP contribution >= 0.6 is 0 Å². The smallest absolute Gasteiger partial charge is 0.427 e. The van der Waals surface area contributed by atoms with E-state index in [0.717, 1.165) is 6.20 Å². The Kier molecular flexibility index (Phi) is 5.85. The highest BCUT2D eigenvalue weighted by atomic mass is 16.7. The fraction of sp³-hybridized carbons (Fsp3) is 0.100. The van der Waals surface area contributed by atoms with Gasteiger partial charge in [-0.3, -0.25) is 9.32 Å². The lowest BCUT2D eigenvalue weighted by Crippen LogP contribution is -2.32. The third kappa shape index (κ3) is 4.44. The highest BCUT2D eigenvalue weighted by Gasteiger charge is 2.29. The van der Waals surface area contributed by atoms with E-state index in [2.05, 4.69) is 25.6 Å². The Morgan fingerprint density at radius 2 is 1.91 bits per heavy atom. The van der Waals surface area contributed by atoms with Crippen molar-refractivity contribution in [3.05, 3.63) is 82.6 Å². The van der Waals surface area contributed by atoms with Crippen molar-refractivity contribution in [3.63, 3.8) is 0 Å². The van der Waals surface area contributed by atoms with E-state index < -0.39 is 17.5 Å². The lowest BCUT2D eigenvalue weighted by atomic mass is 10.2. The lowest BCUT2D eigenvalue weighted by Gasteiger charge is -2.15. The van der Waals surface area contributed by atoms with Gasteiger partial charge in [0, 0.05) is 17.7 Å². The van der Waals surface area contributed by atoms with E-state index >= 15 is 0 Å². The summed E-state index contributed by atoms with van der Waals surface area (Å²) < 4.78 is 11.3. The van der Waals surface area contributed by atoms with Crippen LogP contribution in [-0.2, 0) is 9.63 Å². The van der Waals surface area contributed by atoms with Gasteiger partial charge in [0.15, 0.2) is 5.70 Å². The minimum atomic E-state index is -0.680. The molecule has 1 saturated heterocycles. The predicted molar refractivity (Wildman–Crippen MR) is 107 cm³/mol. The van der Waals surface area contributed by atoms with Crippen LogP contribution in [0.2, 0.25) is 0 Å². The average molecular weight is 437 g/mol. The molecule has 12 heteroatoms. The van der Waals surface area contributed by atoms with Gasteiger partial charge in [-0.05, 0) is 53.3 Å². The van der Waals surface area contributed by atoms with Gasteiger partial charge in [-0.2, -0.15) is 5.11 Å². The molecule has 1 amide bonds. The van der Waals surface area contributed by atoms with Crippen molar-refractivity contribution in [2.24, 2.45) is 10.2 Å². The quantitative estimate of drug-likeness (QED) is 0.336. The number of nitrogens with zero attached hydrogens (tertiary/aromatic N) is 4. The number of carbonyl (C=O) groups excluding carboxylic acids is 2. The number of nitrogens with one attached hydrogen (secondary N) is 2. The van der Waals surface area contributed by atoms with Crippen molar-refractivity contribution in [1.29, 1.82) is 0 Å². The molecular formula is C20H17N6O6+. The molecule has 1 fully saturated rings. The van der Waals surface area contributed by atoms with E-state index in [0.29, 0.717) is 23.7 Å². The molecule has 1 aliphatic rings. The van der Waals surface area contributed by atoms with Gasteiger partial charge >= 0.3 is 11.6 Å². The van der Waals surface area contributed by atoms with Gasteiger partial charge in [0.05, 0.1) is 18.5 Å². The lowest BCUT2D eigenvalue weighted by molar-refractivity contribution is -0.670. The zero-order chi connectivity index (χ0) is 22.5. The largest absolute Gasteiger partial charge is 0.494 e. The molecule has 0 radical (unpaired) electrons. The van der Waals surface area contributed by atoms with Crippen molar-refractivity contribution < 1.29 is 28.4 Å². The topological polar surface area (TPSA) is 142 Å². The summed E-state index contributed by atoms with van der Waals surface area (Å²) in [6.45, 7) is 2.41. The molecule has 2 aromatic carbocycles. The Hall–Kier alpha value is -4.58. The van der Waals surface area contributed by atoms with E-state index in [4.69, 9.17) is 9.57 Å². The highest BCUT2D eigenvalue weighted by Crippen LogP contribution is 2.24. The number of hydrogen-bond donors (Lipinski definition) is 2. The molecule has 12 nitrogen and oxygen atoms in total. The van der Waals surface area contributed by atoms with E-state index in [1.165, 1.54) is 28.0 Å². The number of rotatable bonds is 6. The first-order valence-corrected chi connectivity index (χ1v) is 9.41. The minimum absolute atomic E-state index is 0.0429. The molecule has 2 N–H and O–H groups in total. The van der Waals surface area contributed by atoms with Crippen LogP contribution in [0.3, 0.4) is 0 Å². The SMILES string of the molecule is CCOc1ccc(N2NOC(=O)/C2=C\N=NC(=O)c2ccc(-[n+]3cc(=O)o[nH]3)cc2)cc1. The summed E-state index contributed by atoms with van der Waals surface area (Å²) in [5, 5.41) is 11.1. The zero-order valence-corrected chi connectivity index (χ0v) is 16.7. The van der Waals surface area contributed by atoms with Gasteiger partial charge in [-0.1, -0.05) is 5.59 Å². The Labute approximate surface area is 180 Å². The third-order valence-corrected chi connectivity index (χ3v) is 4.29. The van der Waals surface area contributed by atoms with Gasteiger partial charge in [0.2, 0.25) is 5.69 Å². The molecule has 3 aromatic rings. The van der Waals surface area contributed by atoms with Gasteiger partial charge < -0.3 is 9.57 Å². The molecule has 1 aromatic heterocycles. The molecule has 0 unspecified atom stereocenters. The Balaban J connectivity index is 1.46. The second kappa shape index (κ2) is 9.06. The summed E-state index contributed by atoms with van der Waals surface area (Å²) >= 11 is 0. The number of ether oxygens (including phenoxy) is 1. The van der Waals surface area contributed by atoms with Gasteiger partial charge in [-0.25, -0.2) is 14.6 Å². The number of anilines is 1. The number of aromatic amines is 1. The van der Waals surface area contributed by atoms with E-state index in [-0.39, 0.29) is 11.3 Å². The van der Waals surface area contributed by atoms with Crippen LogP contribution in [0.25, 0.3) is 5.69 Å². The molecule has 0 saturated carbocycles. The second-order valence-electron chi connectivity index (χ2n) is 6.34. The third-order valence-electron chi connectivity index (χ3n) is 4.29. The van der Waals surface area contributed by atoms with Gasteiger partial charge in [-0.15, -0.1) is 5.11 Å². The normalized spacial score (nSPS) is 14.8. The number of benzene rings is 2. The standard InChI is InChI=1S/C20H16N6O6/c1-2-30-16-9-7-15(8-10-16)26-17(20(29)32-24-26)11-21-22-19(28)13-3-5-14(6-4-13)25-12-18(27)31-23-25/h3-12,24H,2H2,1H3/p+1/b17-11+,22-21?. The van der Waals surface area contributed by atoms with Crippen LogP contribution < -0.4 is 25.6 Å². The van der Waals surface area contributed by atoms with Crippen LogP contribution in [-0.4, -0.2) is 23.8 Å². The number of H-pyrrole nitrogens is 1. The van der Waals surface area contributed by atoms with Crippen molar-refractivity contribution in [2.75, 3.05) is 11.6 Å². The summed E-state index contributed by atoms with van der Waals surface area (Å²) in [4.78, 5) is 40.2. The molecule has 1 aliphatic heterocycles. The first-order chi connectivity index (χ1) is 15.5. The Morgan fingerprint density at radius 3 is 2.56 bits per heavy atom. The molecule has 2 heterocycles. The Bertz CT molecular complexity index is 1240. The summed E-state index contributed by atoms with van der Waals surface area (Å²) in [5.41, 5.74) is 3.41.